The minimum Gasteiger partial charge on any atom is -0.496 e. The molecule has 0 spiro atoms. The first-order chi connectivity index (χ1) is 16.0. The zero-order chi connectivity index (χ0) is 23.8. The molecule has 1 fully saturated rings. The Morgan fingerprint density at radius 3 is 2.45 bits per heavy atom. The van der Waals surface area contributed by atoms with E-state index in [0.717, 1.165) is 55.9 Å². The summed E-state index contributed by atoms with van der Waals surface area (Å²) in [5, 5.41) is 7.39. The lowest BCUT2D eigenvalue weighted by atomic mass is 9.74. The molecule has 184 valence electrons. The predicted molar refractivity (Wildman–Crippen MR) is 137 cm³/mol. The quantitative estimate of drug-likeness (QED) is 0.221. The topological polar surface area (TPSA) is 43.3 Å². The fourth-order valence-corrected chi connectivity index (χ4v) is 5.46. The largest absolute Gasteiger partial charge is 0.496 e. The molecule has 0 unspecified atom stereocenters. The molecule has 1 aromatic carbocycles. The maximum absolute atomic E-state index is 5.96. The van der Waals surface area contributed by atoms with Crippen LogP contribution >= 0.6 is 0 Å². The summed E-state index contributed by atoms with van der Waals surface area (Å²) in [4.78, 5) is 0. The molecular formula is C28H44N2O3. The summed E-state index contributed by atoms with van der Waals surface area (Å²) in [7, 11) is 5.34. The lowest BCUT2D eigenvalue weighted by Gasteiger charge is -2.33. The molecule has 5 heteroatoms. The lowest BCUT2D eigenvalue weighted by molar-refractivity contribution is 0.117. The third kappa shape index (κ3) is 6.32. The second kappa shape index (κ2) is 12.5. The molecular weight excluding hydrogens is 412 g/mol. The van der Waals surface area contributed by atoms with Gasteiger partial charge in [-0.15, -0.1) is 0 Å². The van der Waals surface area contributed by atoms with Gasteiger partial charge in [0.15, 0.2) is 0 Å². The number of benzene rings is 1. The van der Waals surface area contributed by atoms with Gasteiger partial charge < -0.3 is 14.2 Å². The lowest BCUT2D eigenvalue weighted by Crippen LogP contribution is -2.32. The molecule has 0 bridgehead atoms. The van der Waals surface area contributed by atoms with E-state index >= 15 is 0 Å². The van der Waals surface area contributed by atoms with Crippen LogP contribution in [0.4, 0.5) is 0 Å². The van der Waals surface area contributed by atoms with Gasteiger partial charge in [0.25, 0.3) is 0 Å². The van der Waals surface area contributed by atoms with E-state index in [2.05, 4.69) is 44.0 Å². The highest BCUT2D eigenvalue weighted by atomic mass is 16.5. The Kier molecular flexibility index (Phi) is 9.66. The van der Waals surface area contributed by atoms with Crippen LogP contribution in [0.15, 0.2) is 28.9 Å². The SMILES string of the molecule is CCCCCc1cc(OC)c([C@@H]2C=C(C)CC[C@H]2/C(C)=N/N2CCC[C@H]2COC)c(OC)c1. The normalized spacial score (nSPS) is 23.6. The minimum atomic E-state index is 0.195. The highest BCUT2D eigenvalue weighted by Gasteiger charge is 2.33. The Morgan fingerprint density at radius 1 is 1.09 bits per heavy atom. The molecule has 1 heterocycles. The summed E-state index contributed by atoms with van der Waals surface area (Å²) in [5.41, 5.74) is 5.08. The van der Waals surface area contributed by atoms with Gasteiger partial charge in [0.1, 0.15) is 11.5 Å². The number of ether oxygens (including phenoxy) is 3. The summed E-state index contributed by atoms with van der Waals surface area (Å²) in [5.74, 6) is 2.40. The molecule has 1 aliphatic carbocycles. The Bertz CT molecular complexity index is 807. The van der Waals surface area contributed by atoms with Crippen LogP contribution in [0.5, 0.6) is 11.5 Å². The molecule has 5 nitrogen and oxygen atoms in total. The second-order valence-corrected chi connectivity index (χ2v) is 9.71. The van der Waals surface area contributed by atoms with Crippen molar-refractivity contribution in [2.24, 2.45) is 11.0 Å². The van der Waals surface area contributed by atoms with Crippen molar-refractivity contribution in [1.29, 1.82) is 0 Å². The summed E-state index contributed by atoms with van der Waals surface area (Å²) >= 11 is 0. The first-order valence-corrected chi connectivity index (χ1v) is 12.7. The fraction of sp³-hybridized carbons (Fsp3) is 0.679. The zero-order valence-corrected chi connectivity index (χ0v) is 21.7. The Morgan fingerprint density at radius 2 is 1.82 bits per heavy atom. The first kappa shape index (κ1) is 25.6. The molecule has 0 radical (unpaired) electrons. The van der Waals surface area contributed by atoms with Crippen molar-refractivity contribution in [3.63, 3.8) is 0 Å². The van der Waals surface area contributed by atoms with Crippen LogP contribution in [-0.4, -0.2) is 51.2 Å². The summed E-state index contributed by atoms with van der Waals surface area (Å²) in [6, 6.07) is 4.84. The third-order valence-electron chi connectivity index (χ3n) is 7.28. The van der Waals surface area contributed by atoms with Crippen LogP contribution < -0.4 is 9.47 Å². The Hall–Kier alpha value is -2.01. The number of allylic oxidation sites excluding steroid dienone is 2. The summed E-state index contributed by atoms with van der Waals surface area (Å²) in [6.45, 7) is 8.43. The van der Waals surface area contributed by atoms with Crippen molar-refractivity contribution in [1.82, 2.24) is 5.01 Å². The zero-order valence-electron chi connectivity index (χ0n) is 21.7. The van der Waals surface area contributed by atoms with E-state index in [4.69, 9.17) is 19.3 Å². The Balaban J connectivity index is 1.95. The van der Waals surface area contributed by atoms with E-state index in [0.29, 0.717) is 12.0 Å². The summed E-state index contributed by atoms with van der Waals surface area (Å²) in [6.07, 6.45) is 11.7. The van der Waals surface area contributed by atoms with Gasteiger partial charge in [0.05, 0.1) is 26.9 Å². The van der Waals surface area contributed by atoms with Gasteiger partial charge in [-0.05, 0) is 70.1 Å². The average Bonchev–Trinajstić information content (AvgIpc) is 3.25. The van der Waals surface area contributed by atoms with Crippen molar-refractivity contribution in [3.8, 4) is 11.5 Å². The van der Waals surface area contributed by atoms with Crippen molar-refractivity contribution < 1.29 is 14.2 Å². The molecule has 2 aliphatic rings. The van der Waals surface area contributed by atoms with Crippen LogP contribution in [0.25, 0.3) is 0 Å². The van der Waals surface area contributed by atoms with Gasteiger partial charge in [0.2, 0.25) is 0 Å². The maximum Gasteiger partial charge on any atom is 0.126 e. The van der Waals surface area contributed by atoms with E-state index in [1.54, 1.807) is 21.3 Å². The molecule has 33 heavy (non-hydrogen) atoms. The predicted octanol–water partition coefficient (Wildman–Crippen LogP) is 6.36. The molecule has 1 aliphatic heterocycles. The average molecular weight is 457 g/mol. The molecule has 0 aromatic heterocycles. The highest BCUT2D eigenvalue weighted by molar-refractivity contribution is 5.86. The monoisotopic (exact) mass is 456 g/mol. The number of aryl methyl sites for hydroxylation is 1. The molecule has 0 N–H and O–H groups in total. The van der Waals surface area contributed by atoms with Gasteiger partial charge in [-0.1, -0.05) is 31.4 Å². The molecule has 0 saturated carbocycles. The van der Waals surface area contributed by atoms with Gasteiger partial charge >= 0.3 is 0 Å². The third-order valence-corrected chi connectivity index (χ3v) is 7.28. The number of methoxy groups -OCH3 is 3. The summed E-state index contributed by atoms with van der Waals surface area (Å²) < 4.78 is 17.4. The van der Waals surface area contributed by atoms with E-state index in [1.165, 1.54) is 42.5 Å². The van der Waals surface area contributed by atoms with Crippen LogP contribution in [0.3, 0.4) is 0 Å². The standard InChI is InChI=1S/C28H44N2O3/c1-7-8-9-11-22-17-26(32-5)28(27(18-22)33-6)25-16-20(2)13-14-24(25)21(3)29-30-15-10-12-23(30)19-31-4/h16-18,23-25H,7-15,19H2,1-6H3/b29-21+/t23-,24-,25+/m0/s1. The number of hydrazone groups is 1. The maximum atomic E-state index is 5.96. The number of nitrogens with zero attached hydrogens (tertiary/aromatic N) is 2. The number of rotatable bonds is 11. The molecule has 1 aromatic rings. The van der Waals surface area contributed by atoms with Gasteiger partial charge in [-0.3, -0.25) is 5.01 Å². The number of unbranched alkanes of at least 4 members (excludes halogenated alkanes) is 2. The first-order valence-electron chi connectivity index (χ1n) is 12.7. The van der Waals surface area contributed by atoms with Crippen molar-refractivity contribution in [2.75, 3.05) is 34.5 Å². The van der Waals surface area contributed by atoms with Crippen LogP contribution in [0, 0.1) is 5.92 Å². The van der Waals surface area contributed by atoms with Crippen LogP contribution in [0.1, 0.15) is 82.8 Å². The second-order valence-electron chi connectivity index (χ2n) is 9.71. The number of hydrogen-bond acceptors (Lipinski definition) is 5. The Labute approximate surface area is 201 Å². The van der Waals surface area contributed by atoms with Crippen molar-refractivity contribution in [2.45, 2.75) is 84.1 Å². The van der Waals surface area contributed by atoms with Crippen LogP contribution in [-0.2, 0) is 11.2 Å². The minimum absolute atomic E-state index is 0.195. The smallest absolute Gasteiger partial charge is 0.126 e. The van der Waals surface area contributed by atoms with Gasteiger partial charge in [0, 0.05) is 36.8 Å². The van der Waals surface area contributed by atoms with Crippen molar-refractivity contribution >= 4 is 5.71 Å². The molecule has 0 amide bonds. The fourth-order valence-electron chi connectivity index (χ4n) is 5.46. The van der Waals surface area contributed by atoms with Crippen LogP contribution in [0.2, 0.25) is 0 Å². The van der Waals surface area contributed by atoms with Gasteiger partial charge in [-0.25, -0.2) is 0 Å². The van der Waals surface area contributed by atoms with E-state index < -0.39 is 0 Å². The van der Waals surface area contributed by atoms with Gasteiger partial charge in [-0.2, -0.15) is 5.10 Å². The number of hydrogen-bond donors (Lipinski definition) is 0. The highest BCUT2D eigenvalue weighted by Crippen LogP contribution is 2.46. The molecule has 3 rings (SSSR count). The molecule has 1 saturated heterocycles. The van der Waals surface area contributed by atoms with E-state index in [1.807, 2.05) is 0 Å². The molecule has 3 atom stereocenters. The van der Waals surface area contributed by atoms with E-state index in [9.17, 15) is 0 Å². The van der Waals surface area contributed by atoms with Crippen molar-refractivity contribution in [3.05, 3.63) is 34.9 Å². The van der Waals surface area contributed by atoms with E-state index in [-0.39, 0.29) is 5.92 Å².